The zero-order chi connectivity index (χ0) is 19.3. The predicted molar refractivity (Wildman–Crippen MR) is 96.6 cm³/mol. The SMILES string of the molecule is CC(C)OC(=O)[C@H](C)N[P+](=O)CO[C@H](C)Cn1cnc2c(N)ncnc21. The van der Waals surface area contributed by atoms with Crippen LogP contribution in [0.4, 0.5) is 5.82 Å². The number of rotatable bonds is 9. The van der Waals surface area contributed by atoms with Crippen LogP contribution in [-0.2, 0) is 25.4 Å². The molecule has 2 rings (SSSR count). The first-order valence-corrected chi connectivity index (χ1v) is 9.66. The van der Waals surface area contributed by atoms with Gasteiger partial charge in [-0.1, -0.05) is 5.09 Å². The second-order valence-corrected chi connectivity index (χ2v) is 7.42. The van der Waals surface area contributed by atoms with E-state index in [1.807, 2.05) is 6.92 Å². The maximum atomic E-state index is 12.1. The van der Waals surface area contributed by atoms with E-state index in [2.05, 4.69) is 20.0 Å². The number of nitrogens with two attached hydrogens (primary N) is 1. The number of nitrogen functional groups attached to an aromatic ring is 1. The van der Waals surface area contributed by atoms with Crippen molar-refractivity contribution in [2.45, 2.75) is 52.5 Å². The maximum absolute atomic E-state index is 12.1. The fraction of sp³-hybridized carbons (Fsp3) is 0.600. The number of nitrogens with one attached hydrogen (secondary N) is 1. The van der Waals surface area contributed by atoms with Crippen molar-refractivity contribution in [1.82, 2.24) is 24.6 Å². The van der Waals surface area contributed by atoms with Crippen LogP contribution in [0.15, 0.2) is 12.7 Å². The molecule has 0 spiro atoms. The molecule has 0 amide bonds. The predicted octanol–water partition coefficient (Wildman–Crippen LogP) is 1.44. The van der Waals surface area contributed by atoms with Gasteiger partial charge in [-0.2, -0.15) is 0 Å². The second-order valence-electron chi connectivity index (χ2n) is 6.15. The number of anilines is 1. The molecular weight excluding hydrogens is 359 g/mol. The Morgan fingerprint density at radius 3 is 2.73 bits per heavy atom. The molecule has 0 aromatic carbocycles. The van der Waals surface area contributed by atoms with E-state index < -0.39 is 20.0 Å². The molecule has 2 aromatic rings. The fourth-order valence-electron chi connectivity index (χ4n) is 2.20. The van der Waals surface area contributed by atoms with Gasteiger partial charge in [-0.25, -0.2) is 15.0 Å². The number of hydrogen-bond donors (Lipinski definition) is 2. The monoisotopic (exact) mass is 383 g/mol. The lowest BCUT2D eigenvalue weighted by Crippen LogP contribution is -2.33. The van der Waals surface area contributed by atoms with E-state index in [9.17, 15) is 9.36 Å². The standard InChI is InChI=1S/C15H24N6O4P/c1-9(2)25-15(22)11(4)20-26(23)8-24-10(3)5-21-7-19-12-13(16)17-6-18-14(12)21/h6-7,9-11H,5,8H2,1-4H3,(H,20,23)(H2,16,17,18)/q+1/t10-,11+/m1/s1. The average molecular weight is 383 g/mol. The lowest BCUT2D eigenvalue weighted by Gasteiger charge is -2.12. The third-order valence-corrected chi connectivity index (χ3v) is 4.46. The quantitative estimate of drug-likeness (QED) is 0.487. The third kappa shape index (κ3) is 5.42. The van der Waals surface area contributed by atoms with E-state index in [1.54, 1.807) is 31.7 Å². The first-order valence-electron chi connectivity index (χ1n) is 8.22. The largest absolute Gasteiger partial charge is 0.462 e. The van der Waals surface area contributed by atoms with Crippen LogP contribution in [0.3, 0.4) is 0 Å². The summed E-state index contributed by atoms with van der Waals surface area (Å²) in [5.74, 6) is -0.129. The van der Waals surface area contributed by atoms with Crippen LogP contribution < -0.4 is 10.8 Å². The van der Waals surface area contributed by atoms with Gasteiger partial charge in [0.25, 0.3) is 6.35 Å². The topological polar surface area (TPSA) is 134 Å². The highest BCUT2D eigenvalue weighted by molar-refractivity contribution is 7.42. The molecule has 0 saturated heterocycles. The van der Waals surface area contributed by atoms with E-state index in [0.717, 1.165) is 0 Å². The number of carbonyl (C=O) groups is 1. The average Bonchev–Trinajstić information content (AvgIpc) is 2.96. The number of nitrogens with zero attached hydrogens (tertiary/aromatic N) is 4. The maximum Gasteiger partial charge on any atom is 0.461 e. The molecule has 10 nitrogen and oxygen atoms in total. The van der Waals surface area contributed by atoms with Gasteiger partial charge in [0.1, 0.15) is 17.9 Å². The van der Waals surface area contributed by atoms with Crippen LogP contribution in [0.1, 0.15) is 27.7 Å². The highest BCUT2D eigenvalue weighted by Gasteiger charge is 2.27. The number of hydrogen-bond acceptors (Lipinski definition) is 8. The molecule has 0 fully saturated rings. The van der Waals surface area contributed by atoms with Crippen molar-refractivity contribution in [3.8, 4) is 0 Å². The Hall–Kier alpha value is -2.16. The van der Waals surface area contributed by atoms with Crippen LogP contribution in [-0.4, -0.2) is 50.1 Å². The summed E-state index contributed by atoms with van der Waals surface area (Å²) in [6, 6.07) is -0.669. The van der Waals surface area contributed by atoms with Crippen molar-refractivity contribution in [1.29, 1.82) is 0 Å². The lowest BCUT2D eigenvalue weighted by atomic mass is 10.4. The zero-order valence-electron chi connectivity index (χ0n) is 15.2. The van der Waals surface area contributed by atoms with E-state index in [0.29, 0.717) is 23.5 Å². The summed E-state index contributed by atoms with van der Waals surface area (Å²) in [6.07, 6.45) is 2.49. The zero-order valence-corrected chi connectivity index (χ0v) is 16.1. The number of carbonyl (C=O) groups excluding carboxylic acids is 1. The normalized spacial score (nSPS) is 14.4. The molecule has 1 unspecified atom stereocenters. The Labute approximate surface area is 152 Å². The fourth-order valence-corrected chi connectivity index (χ4v) is 3.20. The Bertz CT molecular complexity index is 781. The van der Waals surface area contributed by atoms with E-state index in [-0.39, 0.29) is 18.6 Å². The van der Waals surface area contributed by atoms with Crippen molar-refractivity contribution in [3.05, 3.63) is 12.7 Å². The van der Waals surface area contributed by atoms with Gasteiger partial charge < -0.3 is 19.8 Å². The van der Waals surface area contributed by atoms with Crippen molar-refractivity contribution >= 4 is 30.9 Å². The van der Waals surface area contributed by atoms with Gasteiger partial charge >= 0.3 is 13.9 Å². The molecule has 26 heavy (non-hydrogen) atoms. The molecule has 0 saturated carbocycles. The van der Waals surface area contributed by atoms with Crippen LogP contribution in [0.5, 0.6) is 0 Å². The first kappa shape index (κ1) is 20.2. The number of imidazole rings is 1. The van der Waals surface area contributed by atoms with E-state index in [1.165, 1.54) is 6.33 Å². The summed E-state index contributed by atoms with van der Waals surface area (Å²) < 4.78 is 24.5. The lowest BCUT2D eigenvalue weighted by molar-refractivity contribution is -0.148. The summed E-state index contributed by atoms with van der Waals surface area (Å²) in [6.45, 7) is 7.42. The van der Waals surface area contributed by atoms with Gasteiger partial charge in [-0.05, 0) is 32.3 Å². The number of fused-ring (bicyclic) bond motifs is 1. The van der Waals surface area contributed by atoms with Crippen molar-refractivity contribution in [2.24, 2.45) is 0 Å². The minimum Gasteiger partial charge on any atom is -0.462 e. The molecule has 0 aliphatic heterocycles. The molecule has 11 heteroatoms. The van der Waals surface area contributed by atoms with Gasteiger partial charge in [0.05, 0.1) is 25.1 Å². The Kier molecular flexibility index (Phi) is 6.96. The van der Waals surface area contributed by atoms with Crippen LogP contribution in [0, 0.1) is 0 Å². The van der Waals surface area contributed by atoms with Gasteiger partial charge in [-0.3, -0.25) is 4.79 Å². The van der Waals surface area contributed by atoms with Gasteiger partial charge in [0.2, 0.25) is 0 Å². The van der Waals surface area contributed by atoms with Gasteiger partial charge in [-0.15, -0.1) is 0 Å². The summed E-state index contributed by atoms with van der Waals surface area (Å²) in [5.41, 5.74) is 6.90. The summed E-state index contributed by atoms with van der Waals surface area (Å²) in [7, 11) is -1.91. The molecule has 3 atom stereocenters. The van der Waals surface area contributed by atoms with Gasteiger partial charge in [0.15, 0.2) is 11.5 Å². The smallest absolute Gasteiger partial charge is 0.461 e. The number of esters is 1. The molecular formula is C15H24N6O4P+. The molecule has 142 valence electrons. The van der Waals surface area contributed by atoms with Crippen LogP contribution in [0.25, 0.3) is 11.2 Å². The highest BCUT2D eigenvalue weighted by Crippen LogP contribution is 2.19. The highest BCUT2D eigenvalue weighted by atomic mass is 31.1. The molecule has 2 heterocycles. The summed E-state index contributed by atoms with van der Waals surface area (Å²) in [4.78, 5) is 23.9. The number of ether oxygens (including phenoxy) is 2. The van der Waals surface area contributed by atoms with E-state index in [4.69, 9.17) is 15.2 Å². The Morgan fingerprint density at radius 2 is 2.04 bits per heavy atom. The van der Waals surface area contributed by atoms with Gasteiger partial charge in [0, 0.05) is 0 Å². The number of aromatic nitrogens is 4. The Balaban J connectivity index is 1.82. The molecule has 0 bridgehead atoms. The minimum absolute atomic E-state index is 0.0282. The summed E-state index contributed by atoms with van der Waals surface area (Å²) in [5, 5.41) is 2.69. The Morgan fingerprint density at radius 1 is 1.31 bits per heavy atom. The van der Waals surface area contributed by atoms with Crippen LogP contribution in [0.2, 0.25) is 0 Å². The molecule has 2 aromatic heterocycles. The van der Waals surface area contributed by atoms with Crippen molar-refractivity contribution in [2.75, 3.05) is 12.1 Å². The van der Waals surface area contributed by atoms with Crippen LogP contribution >= 0.6 is 7.95 Å². The molecule has 0 radical (unpaired) electrons. The molecule has 0 aliphatic carbocycles. The molecule has 3 N–H and O–H groups in total. The van der Waals surface area contributed by atoms with Crippen molar-refractivity contribution in [3.63, 3.8) is 0 Å². The first-order chi connectivity index (χ1) is 12.3. The summed E-state index contributed by atoms with van der Waals surface area (Å²) >= 11 is 0. The van der Waals surface area contributed by atoms with E-state index >= 15 is 0 Å². The third-order valence-electron chi connectivity index (χ3n) is 3.40. The van der Waals surface area contributed by atoms with Crippen molar-refractivity contribution < 1.29 is 18.8 Å². The minimum atomic E-state index is -1.91. The molecule has 0 aliphatic rings. The second kappa shape index (κ2) is 8.98.